The first-order valence-corrected chi connectivity index (χ1v) is 11.5. The number of benzene rings is 2. The second-order valence-electron chi connectivity index (χ2n) is 7.71. The number of carbonyl (C=O) groups excluding carboxylic acids is 1. The first kappa shape index (κ1) is 23.4. The topological polar surface area (TPSA) is 75.9 Å². The molecule has 0 atom stereocenters. The van der Waals surface area contributed by atoms with Gasteiger partial charge in [0.1, 0.15) is 11.1 Å². The Kier molecular flexibility index (Phi) is 7.39. The third-order valence-electron chi connectivity index (χ3n) is 5.59. The number of anilines is 1. The molecule has 0 radical (unpaired) electrons. The Labute approximate surface area is 201 Å². The number of hydrogen-bond acceptors (Lipinski definition) is 7. The third kappa shape index (κ3) is 5.09. The van der Waals surface area contributed by atoms with Crippen molar-refractivity contribution in [1.82, 2.24) is 9.88 Å². The lowest BCUT2D eigenvalue weighted by Crippen LogP contribution is -2.40. The summed E-state index contributed by atoms with van der Waals surface area (Å²) in [5.74, 6) is -0.384. The number of carbonyl (C=O) groups is 1. The number of halogens is 1. The summed E-state index contributed by atoms with van der Waals surface area (Å²) in [6, 6.07) is 16.6. The van der Waals surface area contributed by atoms with E-state index in [1.807, 2.05) is 36.4 Å². The first-order valence-electron chi connectivity index (χ1n) is 10.7. The van der Waals surface area contributed by atoms with Crippen LogP contribution >= 0.6 is 23.7 Å². The average molecular weight is 486 g/mol. The predicted octanol–water partition coefficient (Wildman–Crippen LogP) is 4.19. The number of fused-ring (bicyclic) bond motifs is 2. The monoisotopic (exact) mass is 485 g/mol. The van der Waals surface area contributed by atoms with Crippen LogP contribution in [0.25, 0.3) is 21.2 Å². The van der Waals surface area contributed by atoms with Crippen LogP contribution in [0.1, 0.15) is 16.8 Å². The van der Waals surface area contributed by atoms with E-state index in [1.54, 1.807) is 23.1 Å². The number of aromatic nitrogens is 1. The van der Waals surface area contributed by atoms with Gasteiger partial charge in [-0.25, -0.2) is 9.78 Å². The number of ether oxygens (including phenoxy) is 1. The molecule has 33 heavy (non-hydrogen) atoms. The van der Waals surface area contributed by atoms with Crippen molar-refractivity contribution in [2.75, 3.05) is 44.3 Å². The molecule has 3 heterocycles. The van der Waals surface area contributed by atoms with Crippen LogP contribution in [0, 0.1) is 0 Å². The van der Waals surface area contributed by atoms with Crippen molar-refractivity contribution >= 4 is 56.0 Å². The van der Waals surface area contributed by atoms with Crippen molar-refractivity contribution in [3.8, 4) is 0 Å². The van der Waals surface area contributed by atoms with Crippen LogP contribution < -0.4 is 10.5 Å². The van der Waals surface area contributed by atoms with E-state index in [0.717, 1.165) is 49.5 Å². The summed E-state index contributed by atoms with van der Waals surface area (Å²) in [7, 11) is 0. The molecule has 9 heteroatoms. The molecule has 172 valence electrons. The number of morpholine rings is 1. The third-order valence-corrected chi connectivity index (χ3v) is 6.65. The zero-order chi connectivity index (χ0) is 21.9. The molecule has 1 amide bonds. The summed E-state index contributed by atoms with van der Waals surface area (Å²) < 4.78 is 11.8. The molecule has 0 N–H and O–H groups in total. The van der Waals surface area contributed by atoms with Crippen molar-refractivity contribution < 1.29 is 13.9 Å². The first-order chi connectivity index (χ1) is 15.7. The number of rotatable bonds is 6. The largest absolute Gasteiger partial charge is 0.422 e. The van der Waals surface area contributed by atoms with Gasteiger partial charge >= 0.3 is 5.63 Å². The quantitative estimate of drug-likeness (QED) is 0.381. The Morgan fingerprint density at radius 1 is 1.09 bits per heavy atom. The lowest BCUT2D eigenvalue weighted by atomic mass is 10.1. The molecule has 0 bridgehead atoms. The van der Waals surface area contributed by atoms with E-state index >= 15 is 0 Å². The molecule has 2 aromatic heterocycles. The molecule has 1 aliphatic heterocycles. The molecule has 4 aromatic rings. The lowest BCUT2D eigenvalue weighted by Gasteiger charge is -2.27. The highest BCUT2D eigenvalue weighted by Crippen LogP contribution is 2.29. The number of nitrogens with zero attached hydrogens (tertiary/aromatic N) is 3. The summed E-state index contributed by atoms with van der Waals surface area (Å²) in [6.45, 7) is 4.57. The van der Waals surface area contributed by atoms with Gasteiger partial charge in [0, 0.05) is 31.6 Å². The van der Waals surface area contributed by atoms with E-state index < -0.39 is 5.63 Å². The second kappa shape index (κ2) is 10.4. The molecular formula is C24H24ClN3O4S. The van der Waals surface area contributed by atoms with Gasteiger partial charge in [0.2, 0.25) is 0 Å². The Balaban J connectivity index is 0.00000259. The fourth-order valence-electron chi connectivity index (χ4n) is 3.89. The standard InChI is InChI=1S/C24H23N3O4S.ClH/c28-22(18-16-17-6-1-3-8-20(17)31-23(18)29)27(11-5-10-26-12-14-30-15-13-26)24-25-19-7-2-4-9-21(19)32-24;/h1-4,6-9,16H,5,10-15H2;1H. The molecule has 1 saturated heterocycles. The Bertz CT molecular complexity index is 1280. The van der Waals surface area contributed by atoms with Gasteiger partial charge in [0.15, 0.2) is 5.13 Å². The van der Waals surface area contributed by atoms with Gasteiger partial charge in [-0.1, -0.05) is 41.7 Å². The lowest BCUT2D eigenvalue weighted by molar-refractivity contribution is 0.0376. The van der Waals surface area contributed by atoms with Gasteiger partial charge in [-0.3, -0.25) is 14.6 Å². The number of para-hydroxylation sites is 2. The fraction of sp³-hybridized carbons (Fsp3) is 0.292. The smallest absolute Gasteiger partial charge is 0.349 e. The second-order valence-corrected chi connectivity index (χ2v) is 8.72. The SMILES string of the molecule is Cl.O=C(c1cc2ccccc2oc1=O)N(CCCN1CCOCC1)c1nc2ccccc2s1. The van der Waals surface area contributed by atoms with E-state index in [9.17, 15) is 9.59 Å². The van der Waals surface area contributed by atoms with Crippen LogP contribution in [0.15, 0.2) is 63.8 Å². The minimum atomic E-state index is -0.631. The minimum Gasteiger partial charge on any atom is -0.422 e. The fourth-order valence-corrected chi connectivity index (χ4v) is 4.88. The van der Waals surface area contributed by atoms with Crippen LogP contribution in [0.2, 0.25) is 0 Å². The van der Waals surface area contributed by atoms with Crippen LogP contribution in [0.4, 0.5) is 5.13 Å². The Morgan fingerprint density at radius 3 is 2.67 bits per heavy atom. The normalized spacial score (nSPS) is 14.3. The Hall–Kier alpha value is -2.78. The molecular weight excluding hydrogens is 462 g/mol. The van der Waals surface area contributed by atoms with Crippen molar-refractivity contribution in [2.24, 2.45) is 0 Å². The molecule has 0 spiro atoms. The summed E-state index contributed by atoms with van der Waals surface area (Å²) in [6.07, 6.45) is 0.764. The van der Waals surface area contributed by atoms with Gasteiger partial charge in [0.25, 0.3) is 5.91 Å². The maximum Gasteiger partial charge on any atom is 0.349 e. The van der Waals surface area contributed by atoms with Crippen molar-refractivity contribution in [3.05, 3.63) is 70.6 Å². The van der Waals surface area contributed by atoms with Gasteiger partial charge in [-0.15, -0.1) is 12.4 Å². The zero-order valence-corrected chi connectivity index (χ0v) is 19.6. The van der Waals surface area contributed by atoms with Crippen LogP contribution in [0.5, 0.6) is 0 Å². The van der Waals surface area contributed by atoms with Crippen molar-refractivity contribution in [2.45, 2.75) is 6.42 Å². The molecule has 5 rings (SSSR count). The van der Waals surface area contributed by atoms with E-state index in [1.165, 1.54) is 11.3 Å². The maximum atomic E-state index is 13.6. The summed E-state index contributed by atoms with van der Waals surface area (Å²) >= 11 is 1.45. The number of amides is 1. The molecule has 0 saturated carbocycles. The molecule has 1 aliphatic rings. The molecule has 0 unspecified atom stereocenters. The van der Waals surface area contributed by atoms with Gasteiger partial charge < -0.3 is 9.15 Å². The summed E-state index contributed by atoms with van der Waals surface area (Å²) in [4.78, 5) is 34.8. The highest BCUT2D eigenvalue weighted by atomic mass is 35.5. The number of hydrogen-bond donors (Lipinski definition) is 0. The molecule has 7 nitrogen and oxygen atoms in total. The molecule has 2 aromatic carbocycles. The van der Waals surface area contributed by atoms with Gasteiger partial charge in [-0.2, -0.15) is 0 Å². The highest BCUT2D eigenvalue weighted by Gasteiger charge is 2.25. The van der Waals surface area contributed by atoms with Crippen molar-refractivity contribution in [3.63, 3.8) is 0 Å². The van der Waals surface area contributed by atoms with E-state index in [0.29, 0.717) is 22.6 Å². The highest BCUT2D eigenvalue weighted by molar-refractivity contribution is 7.22. The number of thiazole rings is 1. The molecule has 0 aliphatic carbocycles. The average Bonchev–Trinajstić information content (AvgIpc) is 3.25. The van der Waals surface area contributed by atoms with Crippen LogP contribution in [0.3, 0.4) is 0 Å². The van der Waals surface area contributed by atoms with Gasteiger partial charge in [-0.05, 0) is 30.7 Å². The van der Waals surface area contributed by atoms with Crippen LogP contribution in [-0.2, 0) is 4.74 Å². The minimum absolute atomic E-state index is 0. The Morgan fingerprint density at radius 2 is 1.85 bits per heavy atom. The van der Waals surface area contributed by atoms with E-state index in [-0.39, 0.29) is 23.9 Å². The zero-order valence-electron chi connectivity index (χ0n) is 17.9. The van der Waals surface area contributed by atoms with Gasteiger partial charge in [0.05, 0.1) is 23.4 Å². The summed E-state index contributed by atoms with van der Waals surface area (Å²) in [5, 5.41) is 1.30. The van der Waals surface area contributed by atoms with E-state index in [4.69, 9.17) is 9.15 Å². The summed E-state index contributed by atoms with van der Waals surface area (Å²) in [5.41, 5.74) is 0.694. The van der Waals surface area contributed by atoms with E-state index in [2.05, 4.69) is 9.88 Å². The van der Waals surface area contributed by atoms with Crippen molar-refractivity contribution in [1.29, 1.82) is 0 Å². The van der Waals surface area contributed by atoms with Crippen LogP contribution in [-0.4, -0.2) is 55.2 Å². The maximum absolute atomic E-state index is 13.6. The predicted molar refractivity (Wildman–Crippen MR) is 133 cm³/mol. The molecule has 1 fully saturated rings.